The molecule has 4 heteroatoms. The first-order chi connectivity index (χ1) is 11.7. The van der Waals surface area contributed by atoms with Crippen molar-refractivity contribution >= 4 is 0 Å². The third kappa shape index (κ3) is 5.21. The highest BCUT2D eigenvalue weighted by atomic mass is 35.5. The molecule has 0 bridgehead atoms. The number of nitrogens with one attached hydrogen (secondary N) is 1. The summed E-state index contributed by atoms with van der Waals surface area (Å²) in [7, 11) is 2.25. The monoisotopic (exact) mass is 362 g/mol. The molecule has 2 fully saturated rings. The van der Waals surface area contributed by atoms with Crippen molar-refractivity contribution in [3.8, 4) is 11.8 Å². The van der Waals surface area contributed by atoms with Gasteiger partial charge in [0.1, 0.15) is 5.60 Å². The number of aliphatic hydroxyl groups is 1. The minimum absolute atomic E-state index is 0. The molecule has 0 amide bonds. The second-order valence-electron chi connectivity index (χ2n) is 7.54. The summed E-state index contributed by atoms with van der Waals surface area (Å²) < 4.78 is 0. The average molecular weight is 363 g/mol. The fraction of sp³-hybridized carbons (Fsp3) is 0.619. The number of halogens is 1. The topological polar surface area (TPSA) is 27.9 Å². The molecule has 25 heavy (non-hydrogen) atoms. The van der Waals surface area contributed by atoms with Gasteiger partial charge in [0, 0.05) is 19.5 Å². The molecule has 1 aromatic rings. The van der Waals surface area contributed by atoms with Gasteiger partial charge in [-0.25, -0.2) is 0 Å². The normalized spacial score (nSPS) is 21.8. The van der Waals surface area contributed by atoms with Gasteiger partial charge in [-0.15, -0.1) is 0 Å². The van der Waals surface area contributed by atoms with Crippen molar-refractivity contribution in [2.45, 2.75) is 37.7 Å². The molecular formula is C21H31ClN2O. The number of likely N-dealkylation sites (N-methyl/N-ethyl adjacent to an activating group) is 1. The minimum atomic E-state index is -0.781. The lowest BCUT2D eigenvalue weighted by Crippen LogP contribution is -3.11. The maximum atomic E-state index is 11.4. The zero-order valence-electron chi connectivity index (χ0n) is 15.3. The molecule has 1 aliphatic carbocycles. The summed E-state index contributed by atoms with van der Waals surface area (Å²) in [5.74, 6) is 6.99. The van der Waals surface area contributed by atoms with Crippen molar-refractivity contribution in [2.24, 2.45) is 5.92 Å². The molecule has 1 unspecified atom stereocenters. The highest BCUT2D eigenvalue weighted by molar-refractivity contribution is 5.26. The van der Waals surface area contributed by atoms with Gasteiger partial charge >= 0.3 is 0 Å². The van der Waals surface area contributed by atoms with E-state index in [4.69, 9.17) is 0 Å². The Hall–Kier alpha value is -1.05. The summed E-state index contributed by atoms with van der Waals surface area (Å²) >= 11 is 0. The number of hydrogen-bond acceptors (Lipinski definition) is 2. The van der Waals surface area contributed by atoms with Gasteiger partial charge in [0.15, 0.2) is 0 Å². The van der Waals surface area contributed by atoms with Crippen molar-refractivity contribution in [1.29, 1.82) is 0 Å². The lowest BCUT2D eigenvalue weighted by atomic mass is 9.78. The van der Waals surface area contributed by atoms with E-state index in [0.29, 0.717) is 12.3 Å². The molecule has 0 spiro atoms. The molecule has 138 valence electrons. The van der Waals surface area contributed by atoms with Crippen LogP contribution in [0.4, 0.5) is 0 Å². The van der Waals surface area contributed by atoms with Crippen LogP contribution >= 0.6 is 0 Å². The van der Waals surface area contributed by atoms with E-state index in [1.54, 1.807) is 4.90 Å². The summed E-state index contributed by atoms with van der Waals surface area (Å²) in [6, 6.07) is 10.2. The maximum absolute atomic E-state index is 11.4. The molecular weight excluding hydrogens is 332 g/mol. The first kappa shape index (κ1) is 20.3. The Morgan fingerprint density at radius 3 is 2.40 bits per heavy atom. The summed E-state index contributed by atoms with van der Waals surface area (Å²) in [6.45, 7) is 5.51. The van der Waals surface area contributed by atoms with Crippen LogP contribution in [0.2, 0.25) is 0 Å². The standard InChI is InChI=1S/C21H30N2O.ClH/c1-22-15-17-23(18-16-22)14-8-7-13-21(24,20-11-5-6-12-20)19-9-3-2-4-10-19;/h2-4,9-10,20,24H,5-6,11-18H2,1H3;1H. The van der Waals surface area contributed by atoms with Gasteiger partial charge in [0.05, 0.1) is 26.7 Å². The van der Waals surface area contributed by atoms with E-state index in [1.807, 2.05) is 18.2 Å². The van der Waals surface area contributed by atoms with Crippen LogP contribution in [0.5, 0.6) is 0 Å². The van der Waals surface area contributed by atoms with Crippen LogP contribution in [0.15, 0.2) is 30.3 Å². The van der Waals surface area contributed by atoms with Gasteiger partial charge in [-0.3, -0.25) is 4.90 Å². The predicted octanol–water partition coefficient (Wildman–Crippen LogP) is -1.71. The second kappa shape index (κ2) is 9.59. The molecule has 1 atom stereocenters. The van der Waals surface area contributed by atoms with Gasteiger partial charge in [0.25, 0.3) is 0 Å². The number of benzene rings is 1. The fourth-order valence-electron chi connectivity index (χ4n) is 4.07. The van der Waals surface area contributed by atoms with E-state index in [1.165, 1.54) is 25.9 Å². The summed E-state index contributed by atoms with van der Waals surface area (Å²) in [5.41, 5.74) is 0.256. The van der Waals surface area contributed by atoms with E-state index in [0.717, 1.165) is 38.0 Å². The molecule has 3 rings (SSSR count). The predicted molar refractivity (Wildman–Crippen MR) is 97.8 cm³/mol. The van der Waals surface area contributed by atoms with Crippen LogP contribution in [0.1, 0.15) is 37.7 Å². The van der Waals surface area contributed by atoms with E-state index in [-0.39, 0.29) is 12.4 Å². The zero-order valence-corrected chi connectivity index (χ0v) is 16.1. The van der Waals surface area contributed by atoms with Crippen molar-refractivity contribution in [1.82, 2.24) is 4.90 Å². The maximum Gasteiger partial charge on any atom is 0.103 e. The zero-order chi connectivity index (χ0) is 16.8. The quantitative estimate of drug-likeness (QED) is 0.625. The Morgan fingerprint density at radius 2 is 1.76 bits per heavy atom. The van der Waals surface area contributed by atoms with Crippen LogP contribution in [-0.2, 0) is 5.60 Å². The molecule has 2 N–H and O–H groups in total. The van der Waals surface area contributed by atoms with Crippen molar-refractivity contribution in [3.63, 3.8) is 0 Å². The Morgan fingerprint density at radius 1 is 1.12 bits per heavy atom. The Balaban J connectivity index is 0.00000225. The highest BCUT2D eigenvalue weighted by Crippen LogP contribution is 2.42. The fourth-order valence-corrected chi connectivity index (χ4v) is 4.07. The summed E-state index contributed by atoms with van der Waals surface area (Å²) in [6.07, 6.45) is 5.26. The molecule has 1 aromatic carbocycles. The van der Waals surface area contributed by atoms with Crippen molar-refractivity contribution in [2.75, 3.05) is 39.8 Å². The smallest absolute Gasteiger partial charge is 0.103 e. The molecule has 1 saturated heterocycles. The van der Waals surface area contributed by atoms with Gasteiger partial charge in [-0.2, -0.15) is 0 Å². The SMILES string of the molecule is C[NH+]1CCN(CC#CCC(O)(c2ccccc2)C2CCCC2)CC1.[Cl-]. The van der Waals surface area contributed by atoms with E-state index < -0.39 is 5.60 Å². The average Bonchev–Trinajstić information content (AvgIpc) is 3.16. The van der Waals surface area contributed by atoms with Gasteiger partial charge in [-0.05, 0) is 24.3 Å². The molecule has 0 aromatic heterocycles. The van der Waals surface area contributed by atoms with Crippen molar-refractivity contribution in [3.05, 3.63) is 35.9 Å². The number of piperazine rings is 1. The lowest BCUT2D eigenvalue weighted by Gasteiger charge is -2.33. The molecule has 2 aliphatic rings. The van der Waals surface area contributed by atoms with Crippen LogP contribution in [0.25, 0.3) is 0 Å². The minimum Gasteiger partial charge on any atom is -1.00 e. The number of quaternary nitrogens is 1. The van der Waals surface area contributed by atoms with Crippen LogP contribution < -0.4 is 17.3 Å². The molecule has 1 aliphatic heterocycles. The van der Waals surface area contributed by atoms with E-state index >= 15 is 0 Å². The molecule has 0 radical (unpaired) electrons. The third-order valence-electron chi connectivity index (χ3n) is 5.80. The number of rotatable bonds is 4. The number of hydrogen-bond donors (Lipinski definition) is 2. The van der Waals surface area contributed by atoms with Gasteiger partial charge < -0.3 is 22.4 Å². The van der Waals surface area contributed by atoms with Gasteiger partial charge in [-0.1, -0.05) is 55.0 Å². The first-order valence-corrected chi connectivity index (χ1v) is 9.46. The highest BCUT2D eigenvalue weighted by Gasteiger charge is 2.39. The lowest BCUT2D eigenvalue weighted by molar-refractivity contribution is -0.884. The van der Waals surface area contributed by atoms with Gasteiger partial charge in [0.2, 0.25) is 0 Å². The Kier molecular flexibility index (Phi) is 7.78. The van der Waals surface area contributed by atoms with E-state index in [9.17, 15) is 5.11 Å². The third-order valence-corrected chi connectivity index (χ3v) is 5.80. The summed E-state index contributed by atoms with van der Waals surface area (Å²) in [5, 5.41) is 11.4. The summed E-state index contributed by atoms with van der Waals surface area (Å²) in [4.78, 5) is 4.04. The van der Waals surface area contributed by atoms with Crippen LogP contribution in [0.3, 0.4) is 0 Å². The van der Waals surface area contributed by atoms with Crippen LogP contribution in [-0.4, -0.2) is 49.8 Å². The molecule has 3 nitrogen and oxygen atoms in total. The van der Waals surface area contributed by atoms with E-state index in [2.05, 4.69) is 35.9 Å². The first-order valence-electron chi connectivity index (χ1n) is 9.46. The molecule has 1 saturated carbocycles. The molecule has 1 heterocycles. The number of nitrogens with zero attached hydrogens (tertiary/aromatic N) is 1. The Labute approximate surface area is 158 Å². The Bertz CT molecular complexity index is 569. The largest absolute Gasteiger partial charge is 1.00 e. The second-order valence-corrected chi connectivity index (χ2v) is 7.54. The van der Waals surface area contributed by atoms with Crippen LogP contribution in [0, 0.1) is 17.8 Å². The van der Waals surface area contributed by atoms with Crippen molar-refractivity contribution < 1.29 is 22.4 Å².